The maximum Gasteiger partial charge on any atom is 0.242 e. The molecule has 2 heterocycles. The number of nitrogens with zero attached hydrogens (tertiary/aromatic N) is 3. The van der Waals surface area contributed by atoms with Crippen LogP contribution in [0.1, 0.15) is 31.2 Å². The summed E-state index contributed by atoms with van der Waals surface area (Å²) < 4.78 is 1.07. The average molecular weight is 422 g/mol. The Bertz CT molecular complexity index is 665. The number of benzene rings is 1. The predicted molar refractivity (Wildman–Crippen MR) is 107 cm³/mol. The van der Waals surface area contributed by atoms with Crippen LogP contribution in [0.25, 0.3) is 0 Å². The Morgan fingerprint density at radius 2 is 1.77 bits per heavy atom. The summed E-state index contributed by atoms with van der Waals surface area (Å²) in [4.78, 5) is 31.1. The molecular formula is C20H28BrN3O2. The molecule has 2 fully saturated rings. The first-order valence-corrected chi connectivity index (χ1v) is 10.3. The highest BCUT2D eigenvalue weighted by Crippen LogP contribution is 2.24. The van der Waals surface area contributed by atoms with Gasteiger partial charge in [-0.3, -0.25) is 9.59 Å². The van der Waals surface area contributed by atoms with Crippen LogP contribution in [0.4, 0.5) is 5.69 Å². The van der Waals surface area contributed by atoms with Crippen molar-refractivity contribution in [3.63, 3.8) is 0 Å². The van der Waals surface area contributed by atoms with Crippen LogP contribution in [0.5, 0.6) is 0 Å². The van der Waals surface area contributed by atoms with Crippen molar-refractivity contribution in [3.8, 4) is 0 Å². The van der Waals surface area contributed by atoms with Gasteiger partial charge in [0.2, 0.25) is 11.8 Å². The van der Waals surface area contributed by atoms with Crippen molar-refractivity contribution in [1.82, 2.24) is 9.80 Å². The van der Waals surface area contributed by atoms with Crippen molar-refractivity contribution in [2.75, 3.05) is 44.7 Å². The molecule has 0 spiro atoms. The summed E-state index contributed by atoms with van der Waals surface area (Å²) in [7, 11) is 1.95. The summed E-state index contributed by atoms with van der Waals surface area (Å²) in [6, 6.07) is 6.12. The van der Waals surface area contributed by atoms with Gasteiger partial charge in [-0.05, 0) is 56.4 Å². The van der Waals surface area contributed by atoms with Crippen molar-refractivity contribution in [1.29, 1.82) is 0 Å². The Hall–Kier alpha value is -1.56. The lowest BCUT2D eigenvalue weighted by molar-refractivity contribution is -0.139. The number of hydrogen-bond acceptors (Lipinski definition) is 3. The highest BCUT2D eigenvalue weighted by atomic mass is 79.9. The van der Waals surface area contributed by atoms with Gasteiger partial charge in [0.1, 0.15) is 0 Å². The largest absolute Gasteiger partial charge is 0.365 e. The van der Waals surface area contributed by atoms with E-state index in [1.165, 1.54) is 0 Å². The molecule has 0 atom stereocenters. The van der Waals surface area contributed by atoms with Crippen LogP contribution in [0.3, 0.4) is 0 Å². The third-order valence-corrected chi connectivity index (χ3v) is 6.46. The molecule has 0 N–H and O–H groups in total. The summed E-state index contributed by atoms with van der Waals surface area (Å²) in [5, 5.41) is 0. The van der Waals surface area contributed by atoms with E-state index in [-0.39, 0.29) is 11.8 Å². The number of halogens is 1. The van der Waals surface area contributed by atoms with E-state index in [1.807, 2.05) is 40.8 Å². The molecule has 5 nitrogen and oxygen atoms in total. The van der Waals surface area contributed by atoms with Gasteiger partial charge in [0.25, 0.3) is 0 Å². The number of carbonyl (C=O) groups is 2. The molecule has 0 unspecified atom stereocenters. The molecule has 2 aliphatic heterocycles. The molecule has 3 rings (SSSR count). The molecule has 26 heavy (non-hydrogen) atoms. The molecule has 0 saturated carbocycles. The second-order valence-corrected chi connectivity index (χ2v) is 8.33. The Kier molecular flexibility index (Phi) is 6.22. The van der Waals surface area contributed by atoms with Gasteiger partial charge in [-0.25, -0.2) is 0 Å². The van der Waals surface area contributed by atoms with E-state index in [9.17, 15) is 9.59 Å². The number of likely N-dealkylation sites (N-methyl/N-ethyl adjacent to an activating group) is 1. The fraction of sp³-hybridized carbons (Fsp3) is 0.600. The Balaban J connectivity index is 1.50. The number of aryl methyl sites for hydroxylation is 1. The molecule has 1 aromatic carbocycles. The van der Waals surface area contributed by atoms with Gasteiger partial charge in [-0.1, -0.05) is 15.9 Å². The van der Waals surface area contributed by atoms with Crippen LogP contribution < -0.4 is 4.90 Å². The van der Waals surface area contributed by atoms with E-state index >= 15 is 0 Å². The Morgan fingerprint density at radius 1 is 1.12 bits per heavy atom. The number of likely N-dealkylation sites (tertiary alicyclic amines) is 2. The van der Waals surface area contributed by atoms with E-state index in [4.69, 9.17) is 0 Å². The van der Waals surface area contributed by atoms with Crippen LogP contribution in [-0.4, -0.2) is 61.4 Å². The first-order chi connectivity index (χ1) is 12.5. The normalized spacial score (nSPS) is 18.3. The minimum atomic E-state index is 0.101. The fourth-order valence-electron chi connectivity index (χ4n) is 3.83. The second-order valence-electron chi connectivity index (χ2n) is 7.48. The maximum absolute atomic E-state index is 12.6. The maximum atomic E-state index is 12.6. The average Bonchev–Trinajstić information content (AvgIpc) is 3.18. The van der Waals surface area contributed by atoms with Crippen LogP contribution in [0.2, 0.25) is 0 Å². The van der Waals surface area contributed by atoms with Gasteiger partial charge in [-0.15, -0.1) is 0 Å². The van der Waals surface area contributed by atoms with Crippen molar-refractivity contribution >= 4 is 33.4 Å². The third-order valence-electron chi connectivity index (χ3n) is 5.57. The fourth-order valence-corrected chi connectivity index (χ4v) is 4.08. The number of hydrogen-bond donors (Lipinski definition) is 0. The predicted octanol–water partition coefficient (Wildman–Crippen LogP) is 3.05. The zero-order valence-electron chi connectivity index (χ0n) is 15.7. The lowest BCUT2D eigenvalue weighted by atomic mass is 9.95. The number of carbonyl (C=O) groups excluding carboxylic acids is 2. The number of piperidine rings is 1. The number of amides is 2. The van der Waals surface area contributed by atoms with Gasteiger partial charge in [0.15, 0.2) is 0 Å². The second kappa shape index (κ2) is 8.42. The summed E-state index contributed by atoms with van der Waals surface area (Å²) in [5.41, 5.74) is 2.20. The lowest BCUT2D eigenvalue weighted by Crippen LogP contribution is -2.46. The van der Waals surface area contributed by atoms with E-state index < -0.39 is 0 Å². The molecule has 1 aromatic rings. The molecule has 0 radical (unpaired) electrons. The lowest BCUT2D eigenvalue weighted by Gasteiger charge is -2.34. The summed E-state index contributed by atoms with van der Waals surface area (Å²) in [6.07, 6.45) is 3.85. The van der Waals surface area contributed by atoms with Crippen LogP contribution >= 0.6 is 15.9 Å². The Morgan fingerprint density at radius 3 is 2.38 bits per heavy atom. The molecule has 2 amide bonds. The van der Waals surface area contributed by atoms with Gasteiger partial charge in [0.05, 0.1) is 6.54 Å². The Labute approximate surface area is 164 Å². The molecular weight excluding hydrogens is 394 g/mol. The minimum absolute atomic E-state index is 0.101. The van der Waals surface area contributed by atoms with Gasteiger partial charge in [0, 0.05) is 49.3 Å². The topological polar surface area (TPSA) is 43.9 Å². The van der Waals surface area contributed by atoms with Gasteiger partial charge < -0.3 is 14.7 Å². The highest BCUT2D eigenvalue weighted by Gasteiger charge is 2.31. The van der Waals surface area contributed by atoms with Crippen molar-refractivity contribution < 1.29 is 9.59 Å². The summed E-state index contributed by atoms with van der Waals surface area (Å²) >= 11 is 3.51. The number of rotatable bonds is 4. The van der Waals surface area contributed by atoms with E-state index in [2.05, 4.69) is 22.0 Å². The minimum Gasteiger partial charge on any atom is -0.365 e. The van der Waals surface area contributed by atoms with E-state index in [0.29, 0.717) is 25.5 Å². The van der Waals surface area contributed by atoms with Gasteiger partial charge in [-0.2, -0.15) is 0 Å². The van der Waals surface area contributed by atoms with Crippen molar-refractivity contribution in [2.24, 2.45) is 5.92 Å². The van der Waals surface area contributed by atoms with Crippen LogP contribution in [-0.2, 0) is 9.59 Å². The van der Waals surface area contributed by atoms with Crippen molar-refractivity contribution in [3.05, 3.63) is 28.2 Å². The molecule has 0 bridgehead atoms. The van der Waals surface area contributed by atoms with Crippen LogP contribution in [0, 0.1) is 12.8 Å². The zero-order chi connectivity index (χ0) is 18.7. The third kappa shape index (κ3) is 4.40. The summed E-state index contributed by atoms with van der Waals surface area (Å²) in [6.45, 7) is 5.62. The van der Waals surface area contributed by atoms with E-state index in [1.54, 1.807) is 0 Å². The number of anilines is 1. The zero-order valence-corrected chi connectivity index (χ0v) is 17.3. The molecule has 0 aromatic heterocycles. The molecule has 2 aliphatic rings. The molecule has 0 aliphatic carbocycles. The van der Waals surface area contributed by atoms with Crippen molar-refractivity contribution in [2.45, 2.75) is 32.6 Å². The smallest absolute Gasteiger partial charge is 0.242 e. The van der Waals surface area contributed by atoms with Crippen LogP contribution in [0.15, 0.2) is 22.7 Å². The molecule has 6 heteroatoms. The summed E-state index contributed by atoms with van der Waals surface area (Å²) in [5.74, 6) is 0.543. The molecule has 142 valence electrons. The first-order valence-electron chi connectivity index (χ1n) is 9.49. The first kappa shape index (κ1) is 19.2. The quantitative estimate of drug-likeness (QED) is 0.749. The highest BCUT2D eigenvalue weighted by molar-refractivity contribution is 9.10. The van der Waals surface area contributed by atoms with E-state index in [0.717, 1.165) is 54.5 Å². The SMILES string of the molecule is Cc1cc(N(C)CC(=O)N2CCC(C(=O)N3CCCC3)CC2)ccc1Br. The van der Waals surface area contributed by atoms with Gasteiger partial charge >= 0.3 is 0 Å². The molecule has 2 saturated heterocycles. The monoisotopic (exact) mass is 421 g/mol. The standard InChI is InChI=1S/C20H28BrN3O2/c1-15-13-17(5-6-18(15)21)22(2)14-19(25)23-11-7-16(8-12-23)20(26)24-9-3-4-10-24/h5-6,13,16H,3-4,7-12,14H2,1-2H3.